The molecule has 0 aliphatic carbocycles. The third kappa shape index (κ3) is 3.74. The average molecular weight is 393 g/mol. The standard InChI is InChI=1S/C13H16BrCl2N5/c1-7(2)6-17-8(3)13-18-19-20-21(13)10-5-4-9(14)11(15)12(10)16/h4-5,7-8,17H,6H2,1-3H3. The summed E-state index contributed by atoms with van der Waals surface area (Å²) in [6, 6.07) is 3.65. The van der Waals surface area contributed by atoms with E-state index >= 15 is 0 Å². The largest absolute Gasteiger partial charge is 0.307 e. The normalized spacial score (nSPS) is 12.9. The van der Waals surface area contributed by atoms with E-state index in [-0.39, 0.29) is 6.04 Å². The molecule has 0 spiro atoms. The van der Waals surface area contributed by atoms with Crippen LogP contribution in [0.15, 0.2) is 16.6 Å². The van der Waals surface area contributed by atoms with Crippen LogP contribution < -0.4 is 5.32 Å². The van der Waals surface area contributed by atoms with Crippen LogP contribution in [0.1, 0.15) is 32.6 Å². The van der Waals surface area contributed by atoms with Gasteiger partial charge >= 0.3 is 0 Å². The molecular formula is C13H16BrCl2N5. The van der Waals surface area contributed by atoms with Crippen molar-refractivity contribution in [3.05, 3.63) is 32.5 Å². The van der Waals surface area contributed by atoms with E-state index in [4.69, 9.17) is 23.2 Å². The van der Waals surface area contributed by atoms with Gasteiger partial charge in [-0.1, -0.05) is 37.0 Å². The SMILES string of the molecule is CC(C)CNC(C)c1nnnn1-c1ccc(Br)c(Cl)c1Cl. The lowest BCUT2D eigenvalue weighted by Gasteiger charge is -2.16. The first-order chi connectivity index (χ1) is 9.91. The summed E-state index contributed by atoms with van der Waals surface area (Å²) in [5, 5.41) is 16.1. The minimum atomic E-state index is 0.000823. The van der Waals surface area contributed by atoms with Crippen molar-refractivity contribution >= 4 is 39.1 Å². The van der Waals surface area contributed by atoms with E-state index in [0.29, 0.717) is 27.5 Å². The quantitative estimate of drug-likeness (QED) is 0.780. The molecule has 0 aliphatic heterocycles. The zero-order valence-electron chi connectivity index (χ0n) is 11.9. The molecule has 114 valence electrons. The second kappa shape index (κ2) is 7.05. The van der Waals surface area contributed by atoms with Gasteiger partial charge < -0.3 is 5.32 Å². The van der Waals surface area contributed by atoms with Crippen LogP contribution in [0, 0.1) is 5.92 Å². The topological polar surface area (TPSA) is 55.6 Å². The highest BCUT2D eigenvalue weighted by molar-refractivity contribution is 9.10. The number of benzene rings is 1. The Hall–Kier alpha value is -0.690. The smallest absolute Gasteiger partial charge is 0.173 e. The fourth-order valence-corrected chi connectivity index (χ4v) is 2.67. The highest BCUT2D eigenvalue weighted by atomic mass is 79.9. The summed E-state index contributed by atoms with van der Waals surface area (Å²) in [5.74, 6) is 1.23. The fraction of sp³-hybridized carbons (Fsp3) is 0.462. The second-order valence-electron chi connectivity index (χ2n) is 5.17. The van der Waals surface area contributed by atoms with Gasteiger partial charge in [0, 0.05) is 4.47 Å². The van der Waals surface area contributed by atoms with Gasteiger partial charge in [-0.3, -0.25) is 0 Å². The van der Waals surface area contributed by atoms with Crippen LogP contribution in [0.2, 0.25) is 10.0 Å². The molecular weight excluding hydrogens is 377 g/mol. The summed E-state index contributed by atoms with van der Waals surface area (Å²) >= 11 is 15.8. The zero-order valence-corrected chi connectivity index (χ0v) is 15.0. The van der Waals surface area contributed by atoms with Crippen molar-refractivity contribution in [1.29, 1.82) is 0 Å². The summed E-state index contributed by atoms with van der Waals surface area (Å²) in [6.07, 6.45) is 0. The monoisotopic (exact) mass is 391 g/mol. The molecule has 0 amide bonds. The first-order valence-electron chi connectivity index (χ1n) is 6.57. The fourth-order valence-electron chi connectivity index (χ4n) is 1.82. The predicted molar refractivity (Wildman–Crippen MR) is 88.1 cm³/mol. The van der Waals surface area contributed by atoms with Crippen molar-refractivity contribution < 1.29 is 0 Å². The molecule has 1 atom stereocenters. The molecule has 1 aromatic heterocycles. The van der Waals surface area contributed by atoms with Crippen molar-refractivity contribution in [3.8, 4) is 5.69 Å². The number of tetrazole rings is 1. The maximum atomic E-state index is 6.30. The van der Waals surface area contributed by atoms with E-state index in [1.165, 1.54) is 0 Å². The molecule has 21 heavy (non-hydrogen) atoms. The molecule has 0 saturated heterocycles. The molecule has 0 aliphatic rings. The zero-order chi connectivity index (χ0) is 15.6. The molecule has 1 heterocycles. The third-order valence-corrected chi connectivity index (χ3v) is 4.72. The Morgan fingerprint density at radius 3 is 2.62 bits per heavy atom. The lowest BCUT2D eigenvalue weighted by molar-refractivity contribution is 0.475. The summed E-state index contributed by atoms with van der Waals surface area (Å²) < 4.78 is 2.34. The summed E-state index contributed by atoms with van der Waals surface area (Å²) in [5.41, 5.74) is 0.656. The number of rotatable bonds is 5. The third-order valence-electron chi connectivity index (χ3n) is 2.96. The Bertz CT molecular complexity index is 629. The van der Waals surface area contributed by atoms with Gasteiger partial charge in [-0.2, -0.15) is 4.68 Å². The van der Waals surface area contributed by atoms with Crippen LogP contribution in [0.3, 0.4) is 0 Å². The van der Waals surface area contributed by atoms with Gasteiger partial charge in [-0.25, -0.2) is 0 Å². The Morgan fingerprint density at radius 2 is 1.95 bits per heavy atom. The Morgan fingerprint density at radius 1 is 1.24 bits per heavy atom. The molecule has 1 N–H and O–H groups in total. The minimum Gasteiger partial charge on any atom is -0.307 e. The molecule has 2 rings (SSSR count). The molecule has 0 radical (unpaired) electrons. The second-order valence-corrected chi connectivity index (χ2v) is 6.78. The lowest BCUT2D eigenvalue weighted by Crippen LogP contribution is -2.25. The van der Waals surface area contributed by atoms with Gasteiger partial charge in [-0.15, -0.1) is 5.10 Å². The highest BCUT2D eigenvalue weighted by Crippen LogP contribution is 2.35. The first-order valence-corrected chi connectivity index (χ1v) is 8.12. The average Bonchev–Trinajstić information content (AvgIpc) is 2.91. The molecule has 1 aromatic carbocycles. The van der Waals surface area contributed by atoms with Crippen molar-refractivity contribution in [2.75, 3.05) is 6.54 Å². The summed E-state index contributed by atoms with van der Waals surface area (Å²) in [6.45, 7) is 7.18. The van der Waals surface area contributed by atoms with Crippen molar-refractivity contribution in [2.24, 2.45) is 5.92 Å². The number of hydrogen-bond donors (Lipinski definition) is 1. The molecule has 0 saturated carbocycles. The van der Waals surface area contributed by atoms with E-state index in [1.807, 2.05) is 19.1 Å². The molecule has 8 heteroatoms. The van der Waals surface area contributed by atoms with Gasteiger partial charge in [0.05, 0.1) is 21.8 Å². The van der Waals surface area contributed by atoms with Crippen molar-refractivity contribution in [3.63, 3.8) is 0 Å². The van der Waals surface area contributed by atoms with E-state index in [1.54, 1.807) is 4.68 Å². The van der Waals surface area contributed by atoms with Crippen LogP contribution in [0.5, 0.6) is 0 Å². The van der Waals surface area contributed by atoms with Crippen molar-refractivity contribution in [2.45, 2.75) is 26.8 Å². The molecule has 1 unspecified atom stereocenters. The van der Waals surface area contributed by atoms with Crippen LogP contribution >= 0.6 is 39.1 Å². The summed E-state index contributed by atoms with van der Waals surface area (Å²) in [4.78, 5) is 0. The van der Waals surface area contributed by atoms with Gasteiger partial charge in [0.2, 0.25) is 0 Å². The minimum absolute atomic E-state index is 0.000823. The Balaban J connectivity index is 2.34. The van der Waals surface area contributed by atoms with Crippen molar-refractivity contribution in [1.82, 2.24) is 25.5 Å². The van der Waals surface area contributed by atoms with E-state index in [0.717, 1.165) is 11.0 Å². The van der Waals surface area contributed by atoms with Gasteiger partial charge in [-0.05, 0) is 57.9 Å². The molecule has 5 nitrogen and oxygen atoms in total. The maximum absolute atomic E-state index is 6.30. The van der Waals surface area contributed by atoms with Crippen LogP contribution in [-0.2, 0) is 0 Å². The predicted octanol–water partition coefficient (Wildman–Crippen LogP) is 4.04. The number of nitrogens with one attached hydrogen (secondary N) is 1. The number of halogens is 3. The van der Waals surface area contributed by atoms with Crippen LogP contribution in [0.4, 0.5) is 0 Å². The Labute approximate surface area is 142 Å². The number of nitrogens with zero attached hydrogens (tertiary/aromatic N) is 4. The van der Waals surface area contributed by atoms with E-state index in [9.17, 15) is 0 Å². The summed E-state index contributed by atoms with van der Waals surface area (Å²) in [7, 11) is 0. The van der Waals surface area contributed by atoms with Crippen LogP contribution in [0.25, 0.3) is 5.69 Å². The maximum Gasteiger partial charge on any atom is 0.173 e. The first kappa shape index (κ1) is 16.7. The Kier molecular flexibility index (Phi) is 5.60. The highest BCUT2D eigenvalue weighted by Gasteiger charge is 2.19. The molecule has 0 bridgehead atoms. The van der Waals surface area contributed by atoms with Gasteiger partial charge in [0.15, 0.2) is 5.82 Å². The molecule has 2 aromatic rings. The van der Waals surface area contributed by atoms with E-state index < -0.39 is 0 Å². The number of aromatic nitrogens is 4. The van der Waals surface area contributed by atoms with Gasteiger partial charge in [0.25, 0.3) is 0 Å². The lowest BCUT2D eigenvalue weighted by atomic mass is 10.2. The van der Waals surface area contributed by atoms with Gasteiger partial charge in [0.1, 0.15) is 0 Å². The van der Waals surface area contributed by atoms with E-state index in [2.05, 4.69) is 50.6 Å². The van der Waals surface area contributed by atoms with Crippen LogP contribution in [-0.4, -0.2) is 26.8 Å². The number of hydrogen-bond acceptors (Lipinski definition) is 4. The molecule has 0 fully saturated rings.